The molecule has 0 aromatic heterocycles. The van der Waals surface area contributed by atoms with E-state index in [-0.39, 0.29) is 23.6 Å². The van der Waals surface area contributed by atoms with Crippen molar-refractivity contribution in [2.45, 2.75) is 64.7 Å². The van der Waals surface area contributed by atoms with Crippen molar-refractivity contribution < 1.29 is 14.3 Å². The maximum Gasteiger partial charge on any atom is 0.310 e. The average molecular weight is 409 g/mol. The SMILES string of the molecule is CCCCCC(=O)OC1=C(c2ccc(Cl)cc2Cl)C(=O)CC2CCCCC12. The maximum absolute atomic E-state index is 13.0. The van der Waals surface area contributed by atoms with Crippen molar-refractivity contribution in [2.75, 3.05) is 0 Å². The molecule has 2 aliphatic carbocycles. The van der Waals surface area contributed by atoms with Crippen molar-refractivity contribution in [1.82, 2.24) is 0 Å². The standard InChI is InChI=1S/C22H26Cl2O3/c1-2-3-4-9-20(26)27-22-16-8-6-5-7-14(16)12-19(25)21(22)17-11-10-15(23)13-18(17)24/h10-11,13-14,16H,2-9,12H2,1H3. The van der Waals surface area contributed by atoms with Crippen LogP contribution in [-0.4, -0.2) is 11.8 Å². The lowest BCUT2D eigenvalue weighted by molar-refractivity contribution is -0.141. The summed E-state index contributed by atoms with van der Waals surface area (Å²) < 4.78 is 5.86. The molecule has 2 unspecified atom stereocenters. The van der Waals surface area contributed by atoms with E-state index in [4.69, 9.17) is 27.9 Å². The third-order valence-electron chi connectivity index (χ3n) is 5.63. The van der Waals surface area contributed by atoms with E-state index in [1.807, 2.05) is 0 Å². The van der Waals surface area contributed by atoms with Crippen molar-refractivity contribution in [3.63, 3.8) is 0 Å². The Bertz CT molecular complexity index is 754. The number of esters is 1. The highest BCUT2D eigenvalue weighted by atomic mass is 35.5. The molecule has 1 aromatic carbocycles. The van der Waals surface area contributed by atoms with Crippen LogP contribution in [0.5, 0.6) is 0 Å². The van der Waals surface area contributed by atoms with Crippen LogP contribution >= 0.6 is 23.2 Å². The number of allylic oxidation sites excluding steroid dienone is 2. The smallest absolute Gasteiger partial charge is 0.310 e. The summed E-state index contributed by atoms with van der Waals surface area (Å²) >= 11 is 12.4. The summed E-state index contributed by atoms with van der Waals surface area (Å²) in [5.74, 6) is 0.688. The quantitative estimate of drug-likeness (QED) is 0.392. The first-order chi connectivity index (χ1) is 13.0. The number of rotatable bonds is 6. The molecule has 0 radical (unpaired) electrons. The van der Waals surface area contributed by atoms with Gasteiger partial charge >= 0.3 is 5.97 Å². The molecule has 146 valence electrons. The largest absolute Gasteiger partial charge is 0.430 e. The van der Waals surface area contributed by atoms with E-state index >= 15 is 0 Å². The molecule has 0 spiro atoms. The molecule has 1 saturated carbocycles. The number of benzene rings is 1. The van der Waals surface area contributed by atoms with Crippen LogP contribution in [0.2, 0.25) is 10.0 Å². The van der Waals surface area contributed by atoms with Crippen molar-refractivity contribution in [2.24, 2.45) is 11.8 Å². The minimum absolute atomic E-state index is 0.0127. The molecule has 0 N–H and O–H groups in total. The summed E-state index contributed by atoms with van der Waals surface area (Å²) in [6, 6.07) is 5.11. The number of carbonyl (C=O) groups excluding carboxylic acids is 2. The summed E-state index contributed by atoms with van der Waals surface area (Å²) in [6.07, 6.45) is 7.90. The van der Waals surface area contributed by atoms with Crippen LogP contribution in [0, 0.1) is 11.8 Å². The van der Waals surface area contributed by atoms with Crippen LogP contribution in [0.4, 0.5) is 0 Å². The van der Waals surface area contributed by atoms with Gasteiger partial charge in [-0.25, -0.2) is 0 Å². The van der Waals surface area contributed by atoms with Crippen molar-refractivity contribution in [3.05, 3.63) is 39.6 Å². The second-order valence-electron chi connectivity index (χ2n) is 7.57. The van der Waals surface area contributed by atoms with Crippen molar-refractivity contribution in [3.8, 4) is 0 Å². The summed E-state index contributed by atoms with van der Waals surface area (Å²) in [7, 11) is 0. The van der Waals surface area contributed by atoms with E-state index in [2.05, 4.69) is 6.92 Å². The van der Waals surface area contributed by atoms with Gasteiger partial charge in [-0.05, 0) is 37.3 Å². The number of halogens is 2. The number of fused-ring (bicyclic) bond motifs is 1. The fourth-order valence-corrected chi connectivity index (χ4v) is 4.76. The Labute approximate surface area is 171 Å². The van der Waals surface area contributed by atoms with Gasteiger partial charge in [-0.1, -0.05) is 61.9 Å². The Balaban J connectivity index is 1.99. The molecule has 5 heteroatoms. The first kappa shape index (κ1) is 20.4. The number of hydrogen-bond donors (Lipinski definition) is 0. The Kier molecular flexibility index (Phi) is 6.99. The molecule has 0 amide bonds. The van der Waals surface area contributed by atoms with E-state index in [1.165, 1.54) is 0 Å². The summed E-state index contributed by atoms with van der Waals surface area (Å²) in [4.78, 5) is 25.5. The average Bonchev–Trinajstić information content (AvgIpc) is 2.63. The van der Waals surface area contributed by atoms with Gasteiger partial charge in [-0.15, -0.1) is 0 Å². The monoisotopic (exact) mass is 408 g/mol. The second-order valence-corrected chi connectivity index (χ2v) is 8.42. The van der Waals surface area contributed by atoms with Crippen LogP contribution in [0.15, 0.2) is 24.0 Å². The second kappa shape index (κ2) is 9.25. The highest BCUT2D eigenvalue weighted by Gasteiger charge is 2.40. The first-order valence-corrected chi connectivity index (χ1v) is 10.7. The Morgan fingerprint density at radius 2 is 1.96 bits per heavy atom. The molecular weight excluding hydrogens is 383 g/mol. The van der Waals surface area contributed by atoms with Crippen molar-refractivity contribution >= 4 is 40.5 Å². The van der Waals surface area contributed by atoms with Gasteiger partial charge in [0.15, 0.2) is 5.78 Å². The predicted octanol–water partition coefficient (Wildman–Crippen LogP) is 6.61. The topological polar surface area (TPSA) is 43.4 Å². The van der Waals surface area contributed by atoms with Gasteiger partial charge in [0.05, 0.1) is 10.6 Å². The minimum Gasteiger partial charge on any atom is -0.430 e. The molecule has 3 nitrogen and oxygen atoms in total. The zero-order chi connectivity index (χ0) is 19.4. The lowest BCUT2D eigenvalue weighted by atomic mass is 9.69. The summed E-state index contributed by atoms with van der Waals surface area (Å²) in [5.41, 5.74) is 1.09. The van der Waals surface area contributed by atoms with Crippen LogP contribution < -0.4 is 0 Å². The predicted molar refractivity (Wildman–Crippen MR) is 109 cm³/mol. The van der Waals surface area contributed by atoms with E-state index in [0.29, 0.717) is 39.8 Å². The first-order valence-electron chi connectivity index (χ1n) is 9.94. The number of ketones is 1. The van der Waals surface area contributed by atoms with Gasteiger partial charge in [-0.2, -0.15) is 0 Å². The molecule has 27 heavy (non-hydrogen) atoms. The molecular formula is C22H26Cl2O3. The Morgan fingerprint density at radius 1 is 1.19 bits per heavy atom. The molecule has 1 aromatic rings. The third-order valence-corrected chi connectivity index (χ3v) is 6.18. The molecule has 1 fully saturated rings. The molecule has 3 rings (SSSR count). The molecule has 2 aliphatic rings. The van der Waals surface area contributed by atoms with E-state index < -0.39 is 0 Å². The summed E-state index contributed by atoms with van der Waals surface area (Å²) in [6.45, 7) is 2.10. The van der Waals surface area contributed by atoms with Crippen LogP contribution in [0.25, 0.3) is 5.57 Å². The lowest BCUT2D eigenvalue weighted by Crippen LogP contribution is -2.32. The number of ether oxygens (including phenoxy) is 1. The number of carbonyl (C=O) groups is 2. The highest BCUT2D eigenvalue weighted by molar-refractivity contribution is 6.37. The molecule has 0 saturated heterocycles. The number of Topliss-reactive ketones (excluding diaryl/α,β-unsaturated/α-hetero) is 1. The van der Waals surface area contributed by atoms with Gasteiger partial charge in [0.25, 0.3) is 0 Å². The normalized spacial score (nSPS) is 22.6. The minimum atomic E-state index is -0.250. The van der Waals surface area contributed by atoms with Crippen LogP contribution in [0.3, 0.4) is 0 Å². The Morgan fingerprint density at radius 3 is 2.70 bits per heavy atom. The Hall–Kier alpha value is -1.32. The van der Waals surface area contributed by atoms with Crippen LogP contribution in [0.1, 0.15) is 70.3 Å². The molecule has 0 heterocycles. The lowest BCUT2D eigenvalue weighted by Gasteiger charge is -2.37. The number of unbranched alkanes of at least 4 members (excludes halogenated alkanes) is 2. The maximum atomic E-state index is 13.0. The third kappa shape index (κ3) is 4.75. The van der Waals surface area contributed by atoms with Gasteiger partial charge in [0, 0.05) is 29.3 Å². The van der Waals surface area contributed by atoms with Gasteiger partial charge < -0.3 is 4.74 Å². The van der Waals surface area contributed by atoms with Crippen molar-refractivity contribution in [1.29, 1.82) is 0 Å². The highest BCUT2D eigenvalue weighted by Crippen LogP contribution is 2.46. The van der Waals surface area contributed by atoms with E-state index in [9.17, 15) is 9.59 Å². The molecule has 0 aliphatic heterocycles. The van der Waals surface area contributed by atoms with E-state index in [1.54, 1.807) is 18.2 Å². The zero-order valence-corrected chi connectivity index (χ0v) is 17.2. The number of hydrogen-bond acceptors (Lipinski definition) is 3. The van der Waals surface area contributed by atoms with Gasteiger partial charge in [0.2, 0.25) is 0 Å². The zero-order valence-electron chi connectivity index (χ0n) is 15.7. The fourth-order valence-electron chi connectivity index (χ4n) is 4.26. The fraction of sp³-hybridized carbons (Fsp3) is 0.545. The molecule has 0 bridgehead atoms. The van der Waals surface area contributed by atoms with Crippen LogP contribution in [-0.2, 0) is 14.3 Å². The van der Waals surface area contributed by atoms with Gasteiger partial charge in [0.1, 0.15) is 5.76 Å². The van der Waals surface area contributed by atoms with Gasteiger partial charge in [-0.3, -0.25) is 9.59 Å². The van der Waals surface area contributed by atoms with E-state index in [0.717, 1.165) is 44.9 Å². The summed E-state index contributed by atoms with van der Waals surface area (Å²) in [5, 5.41) is 0.931. The molecule has 2 atom stereocenters.